The predicted octanol–water partition coefficient (Wildman–Crippen LogP) is 1.85. The van der Waals surface area contributed by atoms with E-state index in [1.165, 1.54) is 0 Å². The van der Waals surface area contributed by atoms with Gasteiger partial charge in [0.25, 0.3) is 0 Å². The Hall–Kier alpha value is -2.17. The van der Waals surface area contributed by atoms with Crippen molar-refractivity contribution in [2.24, 2.45) is 0 Å². The van der Waals surface area contributed by atoms with E-state index in [4.69, 9.17) is 15.0 Å². The lowest BCUT2D eigenvalue weighted by atomic mass is 10.3. The maximum atomic E-state index is 8.56. The summed E-state index contributed by atoms with van der Waals surface area (Å²) in [5.74, 6) is 0. The van der Waals surface area contributed by atoms with Crippen LogP contribution in [0.3, 0.4) is 0 Å². The minimum absolute atomic E-state index is 0.998. The minimum atomic E-state index is -1.83. The average Bonchev–Trinajstić information content (AvgIpc) is 2.17. The van der Waals surface area contributed by atoms with E-state index in [9.17, 15) is 0 Å². The number of rotatable bonds is 0. The van der Waals surface area contributed by atoms with Crippen LogP contribution in [0.4, 0.5) is 4.79 Å². The molecule has 5 nitrogen and oxygen atoms in total. The van der Waals surface area contributed by atoms with Gasteiger partial charge in [0.05, 0.1) is 5.52 Å². The van der Waals surface area contributed by atoms with Gasteiger partial charge in [-0.1, -0.05) is 0 Å². The van der Waals surface area contributed by atoms with E-state index in [1.807, 2.05) is 24.4 Å². The van der Waals surface area contributed by atoms with Crippen LogP contribution in [0.25, 0.3) is 10.9 Å². The Kier molecular flexibility index (Phi) is 3.37. The number of carboxylic acid groups (broad SMARTS) is 2. The summed E-state index contributed by atoms with van der Waals surface area (Å²) >= 11 is 0. The Labute approximate surface area is 79.7 Å². The van der Waals surface area contributed by atoms with Crippen LogP contribution >= 0.6 is 0 Å². The number of pyridine rings is 2. The zero-order valence-electron chi connectivity index (χ0n) is 7.16. The number of nitrogens with zero attached hydrogens (tertiary/aromatic N) is 2. The lowest BCUT2D eigenvalue weighted by molar-refractivity contribution is 0.137. The van der Waals surface area contributed by atoms with Gasteiger partial charge in [0.2, 0.25) is 0 Å². The number of aromatic nitrogens is 2. The van der Waals surface area contributed by atoms with Crippen LogP contribution in [-0.2, 0) is 0 Å². The van der Waals surface area contributed by atoms with Crippen molar-refractivity contribution in [3.63, 3.8) is 0 Å². The van der Waals surface area contributed by atoms with Crippen molar-refractivity contribution >= 4 is 17.1 Å². The molecule has 0 radical (unpaired) electrons. The molecule has 0 fully saturated rings. The largest absolute Gasteiger partial charge is 0.503 e. The van der Waals surface area contributed by atoms with E-state index in [-0.39, 0.29) is 0 Å². The van der Waals surface area contributed by atoms with Crippen LogP contribution in [0.1, 0.15) is 0 Å². The van der Waals surface area contributed by atoms with Crippen LogP contribution < -0.4 is 0 Å². The molecule has 2 rings (SSSR count). The number of fused-ring (bicyclic) bond motifs is 1. The van der Waals surface area contributed by atoms with Crippen LogP contribution in [-0.4, -0.2) is 26.3 Å². The molecular formula is C9H8N2O3. The monoisotopic (exact) mass is 192 g/mol. The molecule has 2 aromatic rings. The molecule has 2 heterocycles. The quantitative estimate of drug-likeness (QED) is 0.665. The first-order valence-electron chi connectivity index (χ1n) is 3.77. The molecule has 0 aliphatic carbocycles. The fraction of sp³-hybridized carbons (Fsp3) is 0. The zero-order valence-corrected chi connectivity index (χ0v) is 7.16. The fourth-order valence-electron chi connectivity index (χ4n) is 0.915. The topological polar surface area (TPSA) is 83.3 Å². The molecule has 2 N–H and O–H groups in total. The number of hydrogen-bond donors (Lipinski definition) is 2. The zero-order chi connectivity index (χ0) is 10.4. The van der Waals surface area contributed by atoms with Gasteiger partial charge >= 0.3 is 6.16 Å². The van der Waals surface area contributed by atoms with Gasteiger partial charge in [-0.05, 0) is 18.2 Å². The van der Waals surface area contributed by atoms with Crippen molar-refractivity contribution in [3.05, 3.63) is 36.8 Å². The minimum Gasteiger partial charge on any atom is -0.450 e. The van der Waals surface area contributed by atoms with Crippen molar-refractivity contribution in [1.82, 2.24) is 9.97 Å². The van der Waals surface area contributed by atoms with Crippen LogP contribution in [0.15, 0.2) is 36.8 Å². The van der Waals surface area contributed by atoms with Gasteiger partial charge in [-0.25, -0.2) is 4.79 Å². The van der Waals surface area contributed by atoms with Crippen LogP contribution in [0.2, 0.25) is 0 Å². The Morgan fingerprint density at radius 1 is 1.21 bits per heavy atom. The molecule has 2 aromatic heterocycles. The highest BCUT2D eigenvalue weighted by Gasteiger charge is 1.87. The van der Waals surface area contributed by atoms with Crippen molar-refractivity contribution in [1.29, 1.82) is 0 Å². The highest BCUT2D eigenvalue weighted by molar-refractivity contribution is 5.76. The van der Waals surface area contributed by atoms with Crippen molar-refractivity contribution in [2.45, 2.75) is 0 Å². The lowest BCUT2D eigenvalue weighted by Gasteiger charge is -1.90. The third kappa shape index (κ3) is 3.06. The average molecular weight is 192 g/mol. The first-order chi connectivity index (χ1) is 6.70. The van der Waals surface area contributed by atoms with Gasteiger partial charge in [-0.3, -0.25) is 9.97 Å². The van der Waals surface area contributed by atoms with Crippen molar-refractivity contribution < 1.29 is 15.0 Å². The number of hydrogen-bond acceptors (Lipinski definition) is 3. The number of carbonyl (C=O) groups is 1. The van der Waals surface area contributed by atoms with Crippen LogP contribution in [0.5, 0.6) is 0 Å². The standard InChI is InChI=1S/C8H6N2.CH2O3/c1-2-7-6-9-5-3-8(7)10-4-1;2-1(3)4/h1-6H;(H2,2,3,4). The molecule has 0 spiro atoms. The molecule has 72 valence electrons. The van der Waals surface area contributed by atoms with Gasteiger partial charge in [0.1, 0.15) is 0 Å². The molecule has 0 amide bonds. The first-order valence-corrected chi connectivity index (χ1v) is 3.77. The molecule has 0 aliphatic rings. The maximum Gasteiger partial charge on any atom is 0.503 e. The molecule has 0 saturated carbocycles. The highest BCUT2D eigenvalue weighted by Crippen LogP contribution is 2.05. The Morgan fingerprint density at radius 3 is 2.57 bits per heavy atom. The SMILES string of the molecule is O=C(O)O.c1cnc2ccncc2c1. The Balaban J connectivity index is 0.000000213. The van der Waals surface area contributed by atoms with Crippen LogP contribution in [0, 0.1) is 0 Å². The Bertz CT molecular complexity index is 362. The molecule has 0 aromatic carbocycles. The summed E-state index contributed by atoms with van der Waals surface area (Å²) in [4.78, 5) is 16.7. The summed E-state index contributed by atoms with van der Waals surface area (Å²) < 4.78 is 0. The van der Waals surface area contributed by atoms with E-state index >= 15 is 0 Å². The Morgan fingerprint density at radius 2 is 1.93 bits per heavy atom. The maximum absolute atomic E-state index is 8.56. The summed E-state index contributed by atoms with van der Waals surface area (Å²) in [5.41, 5.74) is 0.998. The second kappa shape index (κ2) is 4.76. The second-order valence-corrected chi connectivity index (χ2v) is 2.35. The molecule has 5 heteroatoms. The molecule has 0 unspecified atom stereocenters. The van der Waals surface area contributed by atoms with Crippen molar-refractivity contribution in [3.8, 4) is 0 Å². The second-order valence-electron chi connectivity index (χ2n) is 2.35. The molecule has 0 saturated heterocycles. The fourth-order valence-corrected chi connectivity index (χ4v) is 0.915. The molecule has 0 bridgehead atoms. The third-order valence-electron chi connectivity index (χ3n) is 1.40. The van der Waals surface area contributed by atoms with E-state index in [1.54, 1.807) is 12.4 Å². The van der Waals surface area contributed by atoms with Gasteiger partial charge in [-0.2, -0.15) is 0 Å². The van der Waals surface area contributed by atoms with E-state index in [0.717, 1.165) is 10.9 Å². The molecular weight excluding hydrogens is 184 g/mol. The first kappa shape index (κ1) is 9.91. The van der Waals surface area contributed by atoms with Gasteiger partial charge < -0.3 is 10.2 Å². The summed E-state index contributed by atoms with van der Waals surface area (Å²) in [6.45, 7) is 0. The predicted molar refractivity (Wildman–Crippen MR) is 50.2 cm³/mol. The van der Waals surface area contributed by atoms with E-state index < -0.39 is 6.16 Å². The van der Waals surface area contributed by atoms with Crippen molar-refractivity contribution in [2.75, 3.05) is 0 Å². The van der Waals surface area contributed by atoms with E-state index in [0.29, 0.717) is 0 Å². The normalized spacial score (nSPS) is 8.86. The molecule has 0 aliphatic heterocycles. The molecule has 14 heavy (non-hydrogen) atoms. The summed E-state index contributed by atoms with van der Waals surface area (Å²) in [5, 5.41) is 15.0. The third-order valence-corrected chi connectivity index (χ3v) is 1.40. The summed E-state index contributed by atoms with van der Waals surface area (Å²) in [6.07, 6.45) is 3.50. The lowest BCUT2D eigenvalue weighted by Crippen LogP contribution is -1.81. The van der Waals surface area contributed by atoms with E-state index in [2.05, 4.69) is 9.97 Å². The molecule has 0 atom stereocenters. The summed E-state index contributed by atoms with van der Waals surface area (Å²) in [7, 11) is 0. The highest BCUT2D eigenvalue weighted by atomic mass is 16.6. The van der Waals surface area contributed by atoms with Gasteiger partial charge in [0, 0.05) is 24.0 Å². The van der Waals surface area contributed by atoms with Gasteiger partial charge in [0.15, 0.2) is 0 Å². The smallest absolute Gasteiger partial charge is 0.450 e. The van der Waals surface area contributed by atoms with Gasteiger partial charge in [-0.15, -0.1) is 0 Å². The summed E-state index contributed by atoms with van der Waals surface area (Å²) in [6, 6.07) is 5.80.